The van der Waals surface area contributed by atoms with Gasteiger partial charge in [-0.3, -0.25) is 4.79 Å². The normalized spacial score (nSPS) is 15.1. The van der Waals surface area contributed by atoms with Crippen LogP contribution in [0, 0.1) is 6.92 Å². The number of nitrogens with zero attached hydrogens (tertiary/aromatic N) is 3. The Labute approximate surface area is 156 Å². The van der Waals surface area contributed by atoms with Crippen molar-refractivity contribution in [2.24, 2.45) is 0 Å². The molecule has 0 unspecified atom stereocenters. The number of hydrogen-bond donors (Lipinski definition) is 1. The number of pyridine rings is 1. The van der Waals surface area contributed by atoms with Crippen molar-refractivity contribution in [2.75, 3.05) is 38.1 Å². The van der Waals surface area contributed by atoms with E-state index in [9.17, 15) is 4.79 Å². The number of piperazine rings is 1. The molecule has 1 aromatic carbocycles. The predicted octanol–water partition coefficient (Wildman–Crippen LogP) is 2.39. The minimum Gasteiger partial charge on any atom is -0.354 e. The topological polar surface area (TPSA) is 48.5 Å². The van der Waals surface area contributed by atoms with Gasteiger partial charge in [-0.05, 0) is 43.7 Å². The summed E-state index contributed by atoms with van der Waals surface area (Å²) in [6.45, 7) is 6.73. The smallest absolute Gasteiger partial charge is 0.220 e. The molecular weight excluding hydrogens is 324 g/mol. The minimum atomic E-state index is 0.0875. The highest BCUT2D eigenvalue weighted by Crippen LogP contribution is 2.15. The van der Waals surface area contributed by atoms with Crippen LogP contribution in [0.3, 0.4) is 0 Å². The summed E-state index contributed by atoms with van der Waals surface area (Å²) in [5.41, 5.74) is 3.54. The maximum atomic E-state index is 12.2. The summed E-state index contributed by atoms with van der Waals surface area (Å²) in [5, 5.41) is 3.03. The zero-order chi connectivity index (χ0) is 18.4. The number of nitrogens with one attached hydrogen (secondary N) is 1. The van der Waals surface area contributed by atoms with Gasteiger partial charge in [-0.25, -0.2) is 4.98 Å². The molecule has 3 rings (SSSR count). The van der Waals surface area contributed by atoms with Crippen LogP contribution in [0.15, 0.2) is 42.6 Å². The van der Waals surface area contributed by atoms with Gasteiger partial charge in [0.25, 0.3) is 0 Å². The second kappa shape index (κ2) is 8.81. The Morgan fingerprint density at radius 3 is 2.69 bits per heavy atom. The van der Waals surface area contributed by atoms with E-state index in [-0.39, 0.29) is 5.91 Å². The fourth-order valence-corrected chi connectivity index (χ4v) is 3.19. The van der Waals surface area contributed by atoms with E-state index in [1.807, 2.05) is 18.3 Å². The molecule has 1 aliphatic heterocycles. The van der Waals surface area contributed by atoms with Crippen molar-refractivity contribution in [3.05, 3.63) is 59.3 Å². The zero-order valence-electron chi connectivity index (χ0n) is 15.7. The van der Waals surface area contributed by atoms with Crippen molar-refractivity contribution in [1.82, 2.24) is 15.2 Å². The molecule has 1 N–H and O–H groups in total. The molecule has 1 saturated heterocycles. The van der Waals surface area contributed by atoms with Gasteiger partial charge in [0.15, 0.2) is 0 Å². The third-order valence-corrected chi connectivity index (χ3v) is 4.85. The number of aromatic nitrogens is 1. The van der Waals surface area contributed by atoms with Crippen molar-refractivity contribution in [3.63, 3.8) is 0 Å². The van der Waals surface area contributed by atoms with E-state index in [1.54, 1.807) is 0 Å². The Kier molecular flexibility index (Phi) is 6.23. The number of likely N-dealkylation sites (N-methyl/N-ethyl adjacent to an activating group) is 1. The average molecular weight is 352 g/mol. The van der Waals surface area contributed by atoms with E-state index in [2.05, 4.69) is 58.3 Å². The zero-order valence-corrected chi connectivity index (χ0v) is 15.7. The Morgan fingerprint density at radius 1 is 1.12 bits per heavy atom. The van der Waals surface area contributed by atoms with Crippen molar-refractivity contribution in [3.8, 4) is 0 Å². The number of amides is 1. The molecule has 0 radical (unpaired) electrons. The maximum absolute atomic E-state index is 12.2. The van der Waals surface area contributed by atoms with Crippen molar-refractivity contribution >= 4 is 11.7 Å². The molecule has 26 heavy (non-hydrogen) atoms. The minimum absolute atomic E-state index is 0.0875. The molecule has 5 heteroatoms. The summed E-state index contributed by atoms with van der Waals surface area (Å²) in [5.74, 6) is 1.09. The summed E-state index contributed by atoms with van der Waals surface area (Å²) in [4.78, 5) is 21.3. The first-order valence-corrected chi connectivity index (χ1v) is 9.31. The lowest BCUT2D eigenvalue weighted by Crippen LogP contribution is -2.44. The van der Waals surface area contributed by atoms with Crippen LogP contribution in [0.2, 0.25) is 0 Å². The summed E-state index contributed by atoms with van der Waals surface area (Å²) in [6, 6.07) is 12.4. The number of aryl methyl sites for hydroxylation is 2. The molecular formula is C21H28N4O. The SMILES string of the molecule is Cc1cccc(CCC(=O)NCc2ccnc(N3CCN(C)CC3)c2)c1. The van der Waals surface area contributed by atoms with Gasteiger partial charge >= 0.3 is 0 Å². The van der Waals surface area contributed by atoms with E-state index in [1.165, 1.54) is 11.1 Å². The van der Waals surface area contributed by atoms with E-state index in [0.717, 1.165) is 44.0 Å². The lowest BCUT2D eigenvalue weighted by Gasteiger charge is -2.33. The molecule has 1 fully saturated rings. The van der Waals surface area contributed by atoms with Gasteiger partial charge in [-0.15, -0.1) is 0 Å². The highest BCUT2D eigenvalue weighted by molar-refractivity contribution is 5.76. The third-order valence-electron chi connectivity index (χ3n) is 4.85. The molecule has 5 nitrogen and oxygen atoms in total. The van der Waals surface area contributed by atoms with Gasteiger partial charge in [0, 0.05) is 45.3 Å². The first-order chi connectivity index (χ1) is 12.6. The second-order valence-corrected chi connectivity index (χ2v) is 7.08. The molecule has 2 aromatic rings. The van der Waals surface area contributed by atoms with Crippen LogP contribution in [-0.4, -0.2) is 49.0 Å². The molecule has 0 bridgehead atoms. The maximum Gasteiger partial charge on any atom is 0.220 e. The molecule has 0 atom stereocenters. The van der Waals surface area contributed by atoms with Crippen molar-refractivity contribution in [1.29, 1.82) is 0 Å². The van der Waals surface area contributed by atoms with E-state index in [0.29, 0.717) is 13.0 Å². The summed E-state index contributed by atoms with van der Waals surface area (Å²) >= 11 is 0. The highest BCUT2D eigenvalue weighted by atomic mass is 16.1. The Bertz CT molecular complexity index is 738. The molecule has 2 heterocycles. The van der Waals surface area contributed by atoms with Crippen LogP contribution >= 0.6 is 0 Å². The molecule has 1 aliphatic rings. The third kappa shape index (κ3) is 5.30. The Morgan fingerprint density at radius 2 is 1.92 bits per heavy atom. The highest BCUT2D eigenvalue weighted by Gasteiger charge is 2.15. The lowest BCUT2D eigenvalue weighted by atomic mass is 10.1. The van der Waals surface area contributed by atoms with Crippen molar-refractivity contribution < 1.29 is 4.79 Å². The van der Waals surface area contributed by atoms with Crippen LogP contribution in [0.1, 0.15) is 23.1 Å². The first-order valence-electron chi connectivity index (χ1n) is 9.31. The predicted molar refractivity (Wildman–Crippen MR) is 105 cm³/mol. The van der Waals surface area contributed by atoms with Gasteiger partial charge in [-0.2, -0.15) is 0 Å². The number of carbonyl (C=O) groups excluding carboxylic acids is 1. The van der Waals surface area contributed by atoms with E-state index >= 15 is 0 Å². The Balaban J connectivity index is 1.48. The summed E-state index contributed by atoms with van der Waals surface area (Å²) in [6.07, 6.45) is 3.12. The van der Waals surface area contributed by atoms with Gasteiger partial charge < -0.3 is 15.1 Å². The fraction of sp³-hybridized carbons (Fsp3) is 0.429. The quantitative estimate of drug-likeness (QED) is 0.867. The second-order valence-electron chi connectivity index (χ2n) is 7.08. The van der Waals surface area contributed by atoms with Gasteiger partial charge in [0.1, 0.15) is 5.82 Å². The molecule has 0 aliphatic carbocycles. The first kappa shape index (κ1) is 18.4. The fourth-order valence-electron chi connectivity index (χ4n) is 3.19. The van der Waals surface area contributed by atoms with Gasteiger partial charge in [-0.1, -0.05) is 29.8 Å². The molecule has 0 saturated carbocycles. The molecule has 1 aromatic heterocycles. The van der Waals surface area contributed by atoms with Crippen LogP contribution in [0.5, 0.6) is 0 Å². The van der Waals surface area contributed by atoms with Crippen LogP contribution in [0.4, 0.5) is 5.82 Å². The molecule has 0 spiro atoms. The number of carbonyl (C=O) groups is 1. The monoisotopic (exact) mass is 352 g/mol. The van der Waals surface area contributed by atoms with Crippen LogP contribution in [-0.2, 0) is 17.8 Å². The van der Waals surface area contributed by atoms with Crippen LogP contribution < -0.4 is 10.2 Å². The summed E-state index contributed by atoms with van der Waals surface area (Å²) in [7, 11) is 2.15. The average Bonchev–Trinajstić information content (AvgIpc) is 2.66. The van der Waals surface area contributed by atoms with E-state index in [4.69, 9.17) is 0 Å². The number of benzene rings is 1. The molecule has 1 amide bonds. The lowest BCUT2D eigenvalue weighted by molar-refractivity contribution is -0.121. The Hall–Kier alpha value is -2.40. The largest absolute Gasteiger partial charge is 0.354 e. The van der Waals surface area contributed by atoms with Crippen LogP contribution in [0.25, 0.3) is 0 Å². The van der Waals surface area contributed by atoms with E-state index < -0.39 is 0 Å². The number of anilines is 1. The van der Waals surface area contributed by atoms with Crippen molar-refractivity contribution in [2.45, 2.75) is 26.3 Å². The van der Waals surface area contributed by atoms with Gasteiger partial charge in [0.05, 0.1) is 0 Å². The standard InChI is InChI=1S/C21H28N4O/c1-17-4-3-5-18(14-17)6-7-21(26)23-16-19-8-9-22-20(15-19)25-12-10-24(2)11-13-25/h3-5,8-9,14-15H,6-7,10-13,16H2,1-2H3,(H,23,26). The molecule has 138 valence electrons. The number of hydrogen-bond acceptors (Lipinski definition) is 4. The van der Waals surface area contributed by atoms with Gasteiger partial charge in [0.2, 0.25) is 5.91 Å². The number of rotatable bonds is 6. The summed E-state index contributed by atoms with van der Waals surface area (Å²) < 4.78 is 0.